The molecule has 3 atom stereocenters. The monoisotopic (exact) mass is 359 g/mol. The number of hydrogen-bond acceptors (Lipinski definition) is 2. The molecule has 1 aliphatic rings. The van der Waals surface area contributed by atoms with Crippen molar-refractivity contribution >= 4 is 17.5 Å². The van der Waals surface area contributed by atoms with Crippen LogP contribution in [0.15, 0.2) is 47.1 Å². The van der Waals surface area contributed by atoms with Gasteiger partial charge in [0, 0.05) is 5.02 Å². The second kappa shape index (κ2) is 7.65. The molecule has 1 fully saturated rings. The molecule has 0 radical (unpaired) electrons. The van der Waals surface area contributed by atoms with Crippen LogP contribution in [0.1, 0.15) is 68.1 Å². The maximum atomic E-state index is 12.7. The van der Waals surface area contributed by atoms with Gasteiger partial charge in [-0.2, -0.15) is 0 Å². The summed E-state index contributed by atoms with van der Waals surface area (Å²) in [5, 5.41) is 3.97. The van der Waals surface area contributed by atoms with E-state index in [2.05, 4.69) is 19.2 Å². The van der Waals surface area contributed by atoms with Crippen LogP contribution >= 0.6 is 11.6 Å². The van der Waals surface area contributed by atoms with Crippen LogP contribution in [0.4, 0.5) is 0 Å². The van der Waals surface area contributed by atoms with Gasteiger partial charge in [0.15, 0.2) is 5.76 Å². The van der Waals surface area contributed by atoms with Crippen molar-refractivity contribution in [2.45, 2.75) is 52.0 Å². The number of carbonyl (C=O) groups is 1. The molecule has 0 bridgehead atoms. The molecule has 1 heterocycles. The molecule has 0 aliphatic heterocycles. The molecule has 0 saturated heterocycles. The molecular formula is C21H26ClNO2. The highest BCUT2D eigenvalue weighted by molar-refractivity contribution is 6.30. The Bertz CT molecular complexity index is 695. The number of nitrogens with one attached hydrogen (secondary N) is 1. The van der Waals surface area contributed by atoms with E-state index in [4.69, 9.17) is 16.0 Å². The van der Waals surface area contributed by atoms with Crippen molar-refractivity contribution in [3.05, 3.63) is 59.0 Å². The highest BCUT2D eigenvalue weighted by Gasteiger charge is 2.58. The van der Waals surface area contributed by atoms with Gasteiger partial charge in [-0.15, -0.1) is 0 Å². The van der Waals surface area contributed by atoms with Gasteiger partial charge in [-0.1, -0.05) is 56.8 Å². The minimum Gasteiger partial charge on any atom is -0.459 e. The van der Waals surface area contributed by atoms with Crippen LogP contribution in [-0.4, -0.2) is 5.91 Å². The standard InChI is InChI=1S/C21H26ClNO2/c1-3-6-16-14-21(16,12-4-2)19(15-8-10-17(22)11-9-15)23-20(24)18-7-5-13-25-18/h5,7-11,13,16,19H,3-4,6,12,14H2,1-2H3,(H,23,24)/t16-,19?,21-/m1/s1. The first kappa shape index (κ1) is 18.1. The van der Waals surface area contributed by atoms with E-state index in [0.717, 1.165) is 18.4 Å². The van der Waals surface area contributed by atoms with E-state index in [1.54, 1.807) is 12.1 Å². The topological polar surface area (TPSA) is 42.2 Å². The Morgan fingerprint density at radius 1 is 1.28 bits per heavy atom. The average Bonchev–Trinajstić information content (AvgIpc) is 3.04. The molecule has 1 saturated carbocycles. The van der Waals surface area contributed by atoms with Crippen LogP contribution in [0.5, 0.6) is 0 Å². The third-order valence-corrected chi connectivity index (χ3v) is 5.68. The number of furan rings is 1. The van der Waals surface area contributed by atoms with E-state index in [1.807, 2.05) is 24.3 Å². The Kier molecular flexibility index (Phi) is 5.53. The van der Waals surface area contributed by atoms with E-state index in [0.29, 0.717) is 16.7 Å². The van der Waals surface area contributed by atoms with Gasteiger partial charge in [0.05, 0.1) is 12.3 Å². The van der Waals surface area contributed by atoms with Gasteiger partial charge in [-0.3, -0.25) is 4.79 Å². The molecule has 3 nitrogen and oxygen atoms in total. The second-order valence-electron chi connectivity index (χ2n) is 7.11. The quantitative estimate of drug-likeness (QED) is 0.627. The zero-order valence-electron chi connectivity index (χ0n) is 14.9. The molecule has 1 aromatic heterocycles. The molecule has 1 aromatic carbocycles. The lowest BCUT2D eigenvalue weighted by atomic mass is 9.83. The van der Waals surface area contributed by atoms with Crippen LogP contribution in [0.3, 0.4) is 0 Å². The summed E-state index contributed by atoms with van der Waals surface area (Å²) >= 11 is 6.07. The van der Waals surface area contributed by atoms with Crippen molar-refractivity contribution in [2.24, 2.45) is 11.3 Å². The molecule has 4 heteroatoms. The fourth-order valence-corrected chi connectivity index (χ4v) is 4.36. The number of amides is 1. The Labute approximate surface area is 154 Å². The fourth-order valence-electron chi connectivity index (χ4n) is 4.23. The summed E-state index contributed by atoms with van der Waals surface area (Å²) in [5.41, 5.74) is 1.26. The molecule has 2 aromatic rings. The van der Waals surface area contributed by atoms with E-state index in [-0.39, 0.29) is 17.4 Å². The summed E-state index contributed by atoms with van der Waals surface area (Å²) in [6, 6.07) is 11.3. The van der Waals surface area contributed by atoms with Crippen molar-refractivity contribution in [2.75, 3.05) is 0 Å². The van der Waals surface area contributed by atoms with Crippen LogP contribution in [0, 0.1) is 11.3 Å². The summed E-state index contributed by atoms with van der Waals surface area (Å²) in [6.45, 7) is 4.45. The molecule has 0 spiro atoms. The fraction of sp³-hybridized carbons (Fsp3) is 0.476. The van der Waals surface area contributed by atoms with Crippen LogP contribution < -0.4 is 5.32 Å². The summed E-state index contributed by atoms with van der Waals surface area (Å²) in [5.74, 6) is 0.871. The largest absolute Gasteiger partial charge is 0.459 e. The van der Waals surface area contributed by atoms with Gasteiger partial charge in [0.1, 0.15) is 0 Å². The first-order valence-electron chi connectivity index (χ1n) is 9.20. The second-order valence-corrected chi connectivity index (χ2v) is 7.54. The maximum absolute atomic E-state index is 12.7. The van der Waals surface area contributed by atoms with Gasteiger partial charge < -0.3 is 9.73 Å². The molecule has 1 N–H and O–H groups in total. The van der Waals surface area contributed by atoms with Crippen molar-refractivity contribution in [3.63, 3.8) is 0 Å². The highest BCUT2D eigenvalue weighted by atomic mass is 35.5. The zero-order chi connectivity index (χ0) is 17.9. The van der Waals surface area contributed by atoms with Gasteiger partial charge in [0.2, 0.25) is 0 Å². The number of halogens is 1. The molecule has 1 aliphatic carbocycles. The maximum Gasteiger partial charge on any atom is 0.287 e. The van der Waals surface area contributed by atoms with Crippen molar-refractivity contribution in [3.8, 4) is 0 Å². The van der Waals surface area contributed by atoms with Crippen molar-refractivity contribution < 1.29 is 9.21 Å². The Balaban J connectivity index is 1.91. The van der Waals surface area contributed by atoms with E-state index < -0.39 is 0 Å². The predicted octanol–water partition coefficient (Wildman–Crippen LogP) is 6.01. The minimum absolute atomic E-state index is 0.0149. The van der Waals surface area contributed by atoms with E-state index in [1.165, 1.54) is 25.5 Å². The lowest BCUT2D eigenvalue weighted by Crippen LogP contribution is -2.35. The number of carbonyl (C=O) groups excluding carboxylic acids is 1. The Hall–Kier alpha value is -1.74. The Morgan fingerprint density at radius 2 is 2.04 bits per heavy atom. The first-order valence-corrected chi connectivity index (χ1v) is 9.58. The lowest BCUT2D eigenvalue weighted by Gasteiger charge is -2.30. The molecule has 134 valence electrons. The predicted molar refractivity (Wildman–Crippen MR) is 101 cm³/mol. The first-order chi connectivity index (χ1) is 12.1. The normalized spacial score (nSPS) is 23.2. The zero-order valence-corrected chi connectivity index (χ0v) is 15.7. The van der Waals surface area contributed by atoms with Crippen LogP contribution in [0.25, 0.3) is 0 Å². The average molecular weight is 360 g/mol. The number of hydrogen-bond donors (Lipinski definition) is 1. The molecule has 1 amide bonds. The van der Waals surface area contributed by atoms with Gasteiger partial charge in [-0.25, -0.2) is 0 Å². The third kappa shape index (κ3) is 3.77. The lowest BCUT2D eigenvalue weighted by molar-refractivity contribution is 0.0879. The SMILES string of the molecule is CCC[C@@H]1C[C@@]1(CCC)C(NC(=O)c1ccco1)c1ccc(Cl)cc1. The number of rotatable bonds is 8. The summed E-state index contributed by atoms with van der Waals surface area (Å²) in [4.78, 5) is 12.7. The van der Waals surface area contributed by atoms with Crippen molar-refractivity contribution in [1.29, 1.82) is 0 Å². The molecule has 3 rings (SSSR count). The third-order valence-electron chi connectivity index (χ3n) is 5.43. The highest BCUT2D eigenvalue weighted by Crippen LogP contribution is 2.64. The van der Waals surface area contributed by atoms with Crippen molar-refractivity contribution in [1.82, 2.24) is 5.32 Å². The molecule has 1 unspecified atom stereocenters. The summed E-state index contributed by atoms with van der Waals surface area (Å²) in [6.07, 6.45) is 7.31. The Morgan fingerprint density at radius 3 is 2.64 bits per heavy atom. The van der Waals surface area contributed by atoms with Gasteiger partial charge in [-0.05, 0) is 54.0 Å². The van der Waals surface area contributed by atoms with Gasteiger partial charge in [0.25, 0.3) is 5.91 Å². The number of benzene rings is 1. The summed E-state index contributed by atoms with van der Waals surface area (Å²) < 4.78 is 5.29. The molecular weight excluding hydrogens is 334 g/mol. The van der Waals surface area contributed by atoms with E-state index in [9.17, 15) is 4.79 Å². The molecule has 25 heavy (non-hydrogen) atoms. The van der Waals surface area contributed by atoms with Crippen LogP contribution in [-0.2, 0) is 0 Å². The smallest absolute Gasteiger partial charge is 0.287 e. The summed E-state index contributed by atoms with van der Waals surface area (Å²) in [7, 11) is 0. The van der Waals surface area contributed by atoms with Crippen LogP contribution in [0.2, 0.25) is 5.02 Å². The minimum atomic E-state index is -0.150. The van der Waals surface area contributed by atoms with E-state index >= 15 is 0 Å². The van der Waals surface area contributed by atoms with Gasteiger partial charge >= 0.3 is 0 Å².